The first kappa shape index (κ1) is 18.6. The predicted octanol–water partition coefficient (Wildman–Crippen LogP) is 4.47. The van der Waals surface area contributed by atoms with Crippen molar-refractivity contribution in [2.24, 2.45) is 0 Å². The number of carbonyl (C=O) groups is 1. The number of nitrogens with zero attached hydrogens (tertiary/aromatic N) is 3. The maximum atomic E-state index is 11.0. The average molecular weight is 396 g/mol. The van der Waals surface area contributed by atoms with Crippen molar-refractivity contribution in [1.82, 2.24) is 14.8 Å². The molecule has 0 amide bonds. The van der Waals surface area contributed by atoms with Crippen LogP contribution in [-0.4, -0.2) is 27.1 Å². The lowest BCUT2D eigenvalue weighted by atomic mass is 9.70. The summed E-state index contributed by atoms with van der Waals surface area (Å²) in [6.07, 6.45) is 14.6. The molecule has 0 radical (unpaired) electrons. The molecule has 1 fully saturated rings. The molecule has 0 saturated heterocycles. The highest BCUT2D eigenvalue weighted by Gasteiger charge is 2.38. The molecule has 1 aromatic carbocycles. The van der Waals surface area contributed by atoms with Gasteiger partial charge in [0.15, 0.2) is 5.82 Å². The fraction of sp³-hybridized carbons (Fsp3) is 0.240. The maximum absolute atomic E-state index is 11.0. The van der Waals surface area contributed by atoms with Gasteiger partial charge in [-0.25, -0.2) is 4.68 Å². The third kappa shape index (κ3) is 3.16. The number of benzene rings is 1. The van der Waals surface area contributed by atoms with Crippen LogP contribution >= 0.6 is 0 Å². The van der Waals surface area contributed by atoms with Gasteiger partial charge >= 0.3 is 0 Å². The summed E-state index contributed by atoms with van der Waals surface area (Å²) in [5.41, 5.74) is 3.97. The number of aldehydes is 1. The molecule has 0 spiro atoms. The molecule has 0 bridgehead atoms. The molecular weight excluding hydrogens is 372 g/mol. The standard InChI is InChI=1S/C25H24N4O/c30-17-7-16-29-22-18-25(19-8-2-1-3-9-19,23-12-4-5-15-26-23)14-13-21(22)24(28-29)27-20-10-6-11-20/h1-5,7-9,12-17,20H,6,10-11,18H2,(H,27,28). The summed E-state index contributed by atoms with van der Waals surface area (Å²) in [6, 6.07) is 17.0. The van der Waals surface area contributed by atoms with Gasteiger partial charge in [0, 0.05) is 30.4 Å². The van der Waals surface area contributed by atoms with E-state index in [0.717, 1.165) is 29.1 Å². The SMILES string of the molecule is O=CC=Cn1nc(NC2CCC2)c2c1CC(c1ccccc1)(c1ccccn1)C=C2. The van der Waals surface area contributed by atoms with Crippen LogP contribution in [0.1, 0.15) is 41.8 Å². The molecule has 1 atom stereocenters. The summed E-state index contributed by atoms with van der Waals surface area (Å²) in [5.74, 6) is 0.893. The van der Waals surface area contributed by atoms with Gasteiger partial charge in [0.2, 0.25) is 0 Å². The molecule has 3 aromatic rings. The van der Waals surface area contributed by atoms with Crippen molar-refractivity contribution in [3.8, 4) is 0 Å². The Morgan fingerprint density at radius 1 is 1.10 bits per heavy atom. The van der Waals surface area contributed by atoms with E-state index in [1.54, 1.807) is 6.20 Å². The minimum atomic E-state index is -0.393. The number of anilines is 1. The topological polar surface area (TPSA) is 59.8 Å². The highest BCUT2D eigenvalue weighted by atomic mass is 16.1. The van der Waals surface area contributed by atoms with Crippen molar-refractivity contribution < 1.29 is 4.79 Å². The van der Waals surface area contributed by atoms with Gasteiger partial charge in [-0.3, -0.25) is 9.78 Å². The second-order valence-electron chi connectivity index (χ2n) is 7.97. The number of aromatic nitrogens is 3. The van der Waals surface area contributed by atoms with Crippen molar-refractivity contribution in [2.75, 3.05) is 5.32 Å². The number of pyridine rings is 1. The zero-order valence-electron chi connectivity index (χ0n) is 16.7. The van der Waals surface area contributed by atoms with Crippen LogP contribution in [0.25, 0.3) is 12.3 Å². The smallest absolute Gasteiger partial charge is 0.156 e. The summed E-state index contributed by atoms with van der Waals surface area (Å²) in [7, 11) is 0. The highest BCUT2D eigenvalue weighted by Crippen LogP contribution is 2.42. The minimum Gasteiger partial charge on any atom is -0.365 e. The Kier molecular flexibility index (Phi) is 4.79. The van der Waals surface area contributed by atoms with E-state index in [1.165, 1.54) is 30.9 Å². The quantitative estimate of drug-likeness (QED) is 0.493. The van der Waals surface area contributed by atoms with E-state index in [9.17, 15) is 4.79 Å². The van der Waals surface area contributed by atoms with E-state index in [1.807, 2.05) is 29.1 Å². The van der Waals surface area contributed by atoms with Gasteiger partial charge in [0.05, 0.1) is 16.8 Å². The van der Waals surface area contributed by atoms with Gasteiger partial charge in [-0.1, -0.05) is 48.6 Å². The normalized spacial score (nSPS) is 20.7. The summed E-state index contributed by atoms with van der Waals surface area (Å²) >= 11 is 0. The summed E-state index contributed by atoms with van der Waals surface area (Å²) in [5, 5.41) is 8.38. The second-order valence-corrected chi connectivity index (χ2v) is 7.97. The molecule has 30 heavy (non-hydrogen) atoms. The third-order valence-electron chi connectivity index (χ3n) is 6.19. The number of allylic oxidation sites excluding steroid dienone is 2. The summed E-state index contributed by atoms with van der Waals surface area (Å²) < 4.78 is 1.84. The van der Waals surface area contributed by atoms with Gasteiger partial charge in [-0.15, -0.1) is 0 Å². The average Bonchev–Trinajstić information content (AvgIpc) is 3.12. The monoisotopic (exact) mass is 396 g/mol. The molecule has 2 aliphatic rings. The lowest BCUT2D eigenvalue weighted by Gasteiger charge is -2.34. The van der Waals surface area contributed by atoms with Crippen LogP contribution in [0.4, 0.5) is 5.82 Å². The Hall–Kier alpha value is -3.47. The maximum Gasteiger partial charge on any atom is 0.156 e. The van der Waals surface area contributed by atoms with E-state index >= 15 is 0 Å². The first-order chi connectivity index (χ1) is 14.8. The summed E-state index contributed by atoms with van der Waals surface area (Å²) in [4.78, 5) is 15.7. The van der Waals surface area contributed by atoms with Crippen LogP contribution < -0.4 is 5.32 Å². The molecular formula is C25H24N4O. The van der Waals surface area contributed by atoms with E-state index in [4.69, 9.17) is 10.1 Å². The molecule has 1 saturated carbocycles. The van der Waals surface area contributed by atoms with E-state index in [0.29, 0.717) is 12.5 Å². The Morgan fingerprint density at radius 2 is 1.93 bits per heavy atom. The van der Waals surface area contributed by atoms with Gasteiger partial charge in [0.25, 0.3) is 0 Å². The molecule has 2 heterocycles. The molecule has 2 aliphatic carbocycles. The predicted molar refractivity (Wildman–Crippen MR) is 119 cm³/mol. The molecule has 1 N–H and O–H groups in total. The fourth-order valence-electron chi connectivity index (χ4n) is 4.36. The van der Waals surface area contributed by atoms with Gasteiger partial charge in [0.1, 0.15) is 6.29 Å². The molecule has 1 unspecified atom stereocenters. The van der Waals surface area contributed by atoms with Crippen molar-refractivity contribution in [2.45, 2.75) is 37.1 Å². The van der Waals surface area contributed by atoms with Gasteiger partial charge < -0.3 is 5.32 Å². The third-order valence-corrected chi connectivity index (χ3v) is 6.19. The molecule has 5 nitrogen and oxygen atoms in total. The Labute approximate surface area is 176 Å². The minimum absolute atomic E-state index is 0.393. The van der Waals surface area contributed by atoms with Gasteiger partial charge in [-0.05, 0) is 43.0 Å². The van der Waals surface area contributed by atoms with Crippen molar-refractivity contribution in [1.29, 1.82) is 0 Å². The first-order valence-electron chi connectivity index (χ1n) is 10.5. The number of hydrogen-bond donors (Lipinski definition) is 1. The lowest BCUT2D eigenvalue weighted by molar-refractivity contribution is -0.104. The van der Waals surface area contributed by atoms with Crippen molar-refractivity contribution in [3.05, 3.63) is 89.4 Å². The fourth-order valence-corrected chi connectivity index (χ4v) is 4.36. The number of fused-ring (bicyclic) bond motifs is 1. The summed E-state index contributed by atoms with van der Waals surface area (Å²) in [6.45, 7) is 0. The zero-order valence-corrected chi connectivity index (χ0v) is 16.7. The van der Waals surface area contributed by atoms with Crippen LogP contribution in [0.2, 0.25) is 0 Å². The highest BCUT2D eigenvalue weighted by molar-refractivity contribution is 5.74. The first-order valence-corrected chi connectivity index (χ1v) is 10.5. The molecule has 5 heteroatoms. The van der Waals surface area contributed by atoms with Crippen LogP contribution in [0.5, 0.6) is 0 Å². The zero-order chi connectivity index (χ0) is 20.4. The molecule has 0 aliphatic heterocycles. The number of hydrogen-bond acceptors (Lipinski definition) is 4. The Balaban J connectivity index is 1.64. The number of rotatable bonds is 6. The van der Waals surface area contributed by atoms with Crippen LogP contribution in [0.15, 0.2) is 66.9 Å². The van der Waals surface area contributed by atoms with E-state index < -0.39 is 5.41 Å². The molecule has 5 rings (SSSR count). The van der Waals surface area contributed by atoms with E-state index in [-0.39, 0.29) is 0 Å². The molecule has 150 valence electrons. The lowest BCUT2D eigenvalue weighted by Crippen LogP contribution is -2.32. The van der Waals surface area contributed by atoms with Crippen LogP contribution in [-0.2, 0) is 16.6 Å². The molecule has 2 aromatic heterocycles. The van der Waals surface area contributed by atoms with E-state index in [2.05, 4.69) is 47.8 Å². The number of carbonyl (C=O) groups excluding carboxylic acids is 1. The van der Waals surface area contributed by atoms with Crippen LogP contribution in [0, 0.1) is 0 Å². The number of nitrogens with one attached hydrogen (secondary N) is 1. The largest absolute Gasteiger partial charge is 0.365 e. The van der Waals surface area contributed by atoms with Crippen LogP contribution in [0.3, 0.4) is 0 Å². The van der Waals surface area contributed by atoms with Crippen molar-refractivity contribution in [3.63, 3.8) is 0 Å². The Bertz CT molecular complexity index is 1060. The van der Waals surface area contributed by atoms with Crippen molar-refractivity contribution >= 4 is 24.4 Å². The van der Waals surface area contributed by atoms with Gasteiger partial charge in [-0.2, -0.15) is 5.10 Å². The second kappa shape index (κ2) is 7.75. The Morgan fingerprint density at radius 3 is 2.63 bits per heavy atom.